The van der Waals surface area contributed by atoms with Gasteiger partial charge in [0.2, 0.25) is 0 Å². The Kier molecular flexibility index (Phi) is 3.04. The van der Waals surface area contributed by atoms with Crippen LogP contribution in [0.15, 0.2) is 30.3 Å². The van der Waals surface area contributed by atoms with Crippen LogP contribution in [0.25, 0.3) is 0 Å². The Morgan fingerprint density at radius 2 is 2.14 bits per heavy atom. The highest BCUT2D eigenvalue weighted by atomic mass is 15.2. The lowest BCUT2D eigenvalue weighted by molar-refractivity contribution is 0.357. The summed E-state index contributed by atoms with van der Waals surface area (Å²) < 4.78 is 0. The molecule has 0 spiro atoms. The molecule has 1 aliphatic heterocycles. The molecule has 1 radical (unpaired) electrons. The van der Waals surface area contributed by atoms with E-state index in [0.29, 0.717) is 6.04 Å². The zero-order chi connectivity index (χ0) is 9.80. The van der Waals surface area contributed by atoms with Gasteiger partial charge in [-0.25, -0.2) is 0 Å². The van der Waals surface area contributed by atoms with Crippen LogP contribution < -0.4 is 5.32 Å². The van der Waals surface area contributed by atoms with Crippen molar-refractivity contribution in [1.82, 2.24) is 4.90 Å². The normalized spacial score (nSPS) is 22.5. The van der Waals surface area contributed by atoms with Crippen molar-refractivity contribution in [2.24, 2.45) is 0 Å². The minimum atomic E-state index is 0.607. The summed E-state index contributed by atoms with van der Waals surface area (Å²) in [6.45, 7) is 2.15. The van der Waals surface area contributed by atoms with Gasteiger partial charge in [-0.15, -0.1) is 0 Å². The van der Waals surface area contributed by atoms with E-state index in [4.69, 9.17) is 0 Å². The fourth-order valence-electron chi connectivity index (χ4n) is 1.92. The molecule has 1 aliphatic rings. The van der Waals surface area contributed by atoms with Crippen LogP contribution in [0.1, 0.15) is 12.8 Å². The van der Waals surface area contributed by atoms with E-state index < -0.39 is 0 Å². The summed E-state index contributed by atoms with van der Waals surface area (Å²) in [6.07, 6.45) is 2.55. The van der Waals surface area contributed by atoms with Crippen molar-refractivity contribution in [1.29, 1.82) is 0 Å². The maximum absolute atomic E-state index is 4.02. The maximum Gasteiger partial charge on any atom is 0.0340 e. The summed E-state index contributed by atoms with van der Waals surface area (Å²) in [6, 6.07) is 11.0. The van der Waals surface area contributed by atoms with Gasteiger partial charge in [0.1, 0.15) is 0 Å². The molecule has 1 aromatic rings. The molecule has 0 aliphatic carbocycles. The molecule has 1 fully saturated rings. The lowest BCUT2D eigenvalue weighted by Crippen LogP contribution is -2.29. The molecule has 1 heterocycles. The molecule has 0 amide bonds. The van der Waals surface area contributed by atoms with Crippen molar-refractivity contribution in [3.05, 3.63) is 37.4 Å². The van der Waals surface area contributed by atoms with Crippen LogP contribution >= 0.6 is 0 Å². The van der Waals surface area contributed by atoms with Crippen LogP contribution in [0, 0.1) is 7.05 Å². The molecule has 2 nitrogen and oxygen atoms in total. The average molecular weight is 189 g/mol. The first kappa shape index (κ1) is 9.53. The third kappa shape index (κ3) is 2.26. The molecule has 1 aromatic carbocycles. The summed E-state index contributed by atoms with van der Waals surface area (Å²) in [7, 11) is 4.02. The molecular formula is C12H17N2. The molecule has 0 saturated carbocycles. The van der Waals surface area contributed by atoms with Gasteiger partial charge in [0.25, 0.3) is 0 Å². The van der Waals surface area contributed by atoms with Gasteiger partial charge < -0.3 is 5.32 Å². The second kappa shape index (κ2) is 4.47. The number of hydrogen-bond donors (Lipinski definition) is 1. The standard InChI is InChI=1S/C12H17N2/c1-14-9-5-8-12(14)10-13-11-6-3-2-4-7-11/h2-4,6-7,12-13H,1,5,8-10H2. The zero-order valence-electron chi connectivity index (χ0n) is 8.45. The van der Waals surface area contributed by atoms with E-state index in [0.717, 1.165) is 13.1 Å². The number of nitrogens with one attached hydrogen (secondary N) is 1. The minimum Gasteiger partial charge on any atom is -0.383 e. The number of anilines is 1. The van der Waals surface area contributed by atoms with E-state index in [2.05, 4.69) is 41.5 Å². The fourth-order valence-corrected chi connectivity index (χ4v) is 1.92. The average Bonchev–Trinajstić information content (AvgIpc) is 2.63. The van der Waals surface area contributed by atoms with Crippen molar-refractivity contribution in [2.75, 3.05) is 18.4 Å². The monoisotopic (exact) mass is 189 g/mol. The van der Waals surface area contributed by atoms with E-state index in [-0.39, 0.29) is 0 Å². The van der Waals surface area contributed by atoms with Gasteiger partial charge in [-0.3, -0.25) is 4.90 Å². The third-order valence-corrected chi connectivity index (χ3v) is 2.81. The molecule has 2 heteroatoms. The second-order valence-corrected chi connectivity index (χ2v) is 3.86. The van der Waals surface area contributed by atoms with Crippen LogP contribution in [-0.2, 0) is 0 Å². The fraction of sp³-hybridized carbons (Fsp3) is 0.417. The van der Waals surface area contributed by atoms with Gasteiger partial charge in [0.05, 0.1) is 0 Å². The van der Waals surface area contributed by atoms with Gasteiger partial charge in [-0.2, -0.15) is 0 Å². The van der Waals surface area contributed by atoms with Crippen LogP contribution in [0.3, 0.4) is 0 Å². The Bertz CT molecular complexity index is 271. The Morgan fingerprint density at radius 1 is 1.36 bits per heavy atom. The SMILES string of the molecule is [CH2]N1CCCC1CNc1ccccc1. The predicted octanol–water partition coefficient (Wildman–Crippen LogP) is 2.35. The summed E-state index contributed by atoms with van der Waals surface area (Å²) in [4.78, 5) is 2.19. The van der Waals surface area contributed by atoms with Gasteiger partial charge in [0.15, 0.2) is 0 Å². The van der Waals surface area contributed by atoms with Crippen LogP contribution in [0.4, 0.5) is 5.69 Å². The van der Waals surface area contributed by atoms with Crippen LogP contribution in [-0.4, -0.2) is 24.0 Å². The Labute approximate surface area is 85.9 Å². The molecule has 1 saturated heterocycles. The van der Waals surface area contributed by atoms with Crippen molar-refractivity contribution >= 4 is 5.69 Å². The Morgan fingerprint density at radius 3 is 2.79 bits per heavy atom. The van der Waals surface area contributed by atoms with E-state index in [1.54, 1.807) is 0 Å². The first-order valence-corrected chi connectivity index (χ1v) is 5.22. The molecule has 2 rings (SSSR count). The highest BCUT2D eigenvalue weighted by Crippen LogP contribution is 2.16. The smallest absolute Gasteiger partial charge is 0.0340 e. The van der Waals surface area contributed by atoms with E-state index in [1.807, 2.05) is 6.07 Å². The summed E-state index contributed by atoms with van der Waals surface area (Å²) in [5, 5.41) is 3.44. The number of likely N-dealkylation sites (tertiary alicyclic amines) is 1. The number of hydrogen-bond acceptors (Lipinski definition) is 2. The summed E-state index contributed by atoms with van der Waals surface area (Å²) in [5.41, 5.74) is 1.20. The Balaban J connectivity index is 1.82. The molecular weight excluding hydrogens is 172 g/mol. The van der Waals surface area contributed by atoms with E-state index in [1.165, 1.54) is 18.5 Å². The minimum absolute atomic E-state index is 0.607. The van der Waals surface area contributed by atoms with Gasteiger partial charge in [-0.05, 0) is 31.5 Å². The van der Waals surface area contributed by atoms with Crippen LogP contribution in [0.5, 0.6) is 0 Å². The first-order valence-electron chi connectivity index (χ1n) is 5.22. The molecule has 1 N–H and O–H groups in total. The zero-order valence-corrected chi connectivity index (χ0v) is 8.45. The lowest BCUT2D eigenvalue weighted by Gasteiger charge is -2.19. The number of para-hydroxylation sites is 1. The second-order valence-electron chi connectivity index (χ2n) is 3.86. The maximum atomic E-state index is 4.02. The highest BCUT2D eigenvalue weighted by molar-refractivity contribution is 5.42. The number of nitrogens with zero attached hydrogens (tertiary/aromatic N) is 1. The Hall–Kier alpha value is -1.02. The van der Waals surface area contributed by atoms with Gasteiger partial charge in [0, 0.05) is 25.3 Å². The predicted molar refractivity (Wildman–Crippen MR) is 60.0 cm³/mol. The van der Waals surface area contributed by atoms with E-state index >= 15 is 0 Å². The topological polar surface area (TPSA) is 15.3 Å². The summed E-state index contributed by atoms with van der Waals surface area (Å²) in [5.74, 6) is 0. The molecule has 75 valence electrons. The van der Waals surface area contributed by atoms with Gasteiger partial charge in [-0.1, -0.05) is 18.2 Å². The van der Waals surface area contributed by atoms with E-state index in [9.17, 15) is 0 Å². The quantitative estimate of drug-likeness (QED) is 0.785. The molecule has 1 unspecified atom stereocenters. The molecule has 14 heavy (non-hydrogen) atoms. The number of benzene rings is 1. The van der Waals surface area contributed by atoms with Crippen LogP contribution in [0.2, 0.25) is 0 Å². The van der Waals surface area contributed by atoms with Crippen molar-refractivity contribution in [3.8, 4) is 0 Å². The van der Waals surface area contributed by atoms with Crippen molar-refractivity contribution in [2.45, 2.75) is 18.9 Å². The molecule has 0 aromatic heterocycles. The van der Waals surface area contributed by atoms with Crippen molar-refractivity contribution < 1.29 is 0 Å². The third-order valence-electron chi connectivity index (χ3n) is 2.81. The van der Waals surface area contributed by atoms with Gasteiger partial charge >= 0.3 is 0 Å². The first-order chi connectivity index (χ1) is 6.86. The molecule has 0 bridgehead atoms. The summed E-state index contributed by atoms with van der Waals surface area (Å²) >= 11 is 0. The highest BCUT2D eigenvalue weighted by Gasteiger charge is 2.19. The number of rotatable bonds is 3. The lowest BCUT2D eigenvalue weighted by atomic mass is 10.2. The largest absolute Gasteiger partial charge is 0.383 e. The van der Waals surface area contributed by atoms with Crippen molar-refractivity contribution in [3.63, 3.8) is 0 Å². The molecule has 1 atom stereocenters.